The highest BCUT2D eigenvalue weighted by molar-refractivity contribution is 5.94. The third kappa shape index (κ3) is 2.69. The molecule has 1 aromatic carbocycles. The molecule has 6 nitrogen and oxygen atoms in total. The molecule has 0 aliphatic rings. The van der Waals surface area contributed by atoms with E-state index in [9.17, 15) is 9.59 Å². The van der Waals surface area contributed by atoms with Gasteiger partial charge in [-0.3, -0.25) is 14.6 Å². The van der Waals surface area contributed by atoms with E-state index in [0.29, 0.717) is 11.1 Å². The van der Waals surface area contributed by atoms with Crippen LogP contribution in [0.5, 0.6) is 17.2 Å². The molecular formula is C14H13NO5. The summed E-state index contributed by atoms with van der Waals surface area (Å²) in [6.07, 6.45) is 3.18. The fourth-order valence-electron chi connectivity index (χ4n) is 1.84. The summed E-state index contributed by atoms with van der Waals surface area (Å²) in [5.41, 5.74) is 0. The molecule has 0 saturated heterocycles. The molecule has 0 bridgehead atoms. The fraction of sp³-hybridized carbons (Fsp3) is 0.214. The van der Waals surface area contributed by atoms with Gasteiger partial charge in [0.15, 0.2) is 11.5 Å². The Morgan fingerprint density at radius 1 is 1.10 bits per heavy atom. The minimum absolute atomic E-state index is 0.0655. The van der Waals surface area contributed by atoms with Gasteiger partial charge in [-0.1, -0.05) is 0 Å². The van der Waals surface area contributed by atoms with E-state index in [1.807, 2.05) is 0 Å². The van der Waals surface area contributed by atoms with Gasteiger partial charge in [-0.2, -0.15) is 0 Å². The lowest BCUT2D eigenvalue weighted by atomic mass is 10.1. The number of methoxy groups -OCH3 is 1. The second-order valence-electron chi connectivity index (χ2n) is 4.02. The van der Waals surface area contributed by atoms with Crippen molar-refractivity contribution >= 4 is 22.7 Å². The van der Waals surface area contributed by atoms with E-state index in [-0.39, 0.29) is 11.5 Å². The van der Waals surface area contributed by atoms with Gasteiger partial charge in [-0.15, -0.1) is 0 Å². The number of hydrogen-bond acceptors (Lipinski definition) is 6. The Balaban J connectivity index is 2.73. The molecule has 0 fully saturated rings. The van der Waals surface area contributed by atoms with Crippen molar-refractivity contribution in [2.75, 3.05) is 7.11 Å². The van der Waals surface area contributed by atoms with Crippen molar-refractivity contribution < 1.29 is 23.8 Å². The van der Waals surface area contributed by atoms with Crippen molar-refractivity contribution in [2.45, 2.75) is 13.8 Å². The molecular weight excluding hydrogens is 262 g/mol. The van der Waals surface area contributed by atoms with E-state index >= 15 is 0 Å². The molecule has 0 N–H and O–H groups in total. The standard InChI is InChI=1S/C14H13NO5/c1-8(16)19-12-6-10-4-5-15-7-11(10)13(18-3)14(12)20-9(2)17/h4-7H,1-3H3. The van der Waals surface area contributed by atoms with Crippen molar-refractivity contribution in [2.24, 2.45) is 0 Å². The smallest absolute Gasteiger partial charge is 0.308 e. The molecule has 0 spiro atoms. The van der Waals surface area contributed by atoms with Crippen LogP contribution < -0.4 is 14.2 Å². The first-order valence-corrected chi connectivity index (χ1v) is 5.84. The molecule has 0 atom stereocenters. The molecule has 0 unspecified atom stereocenters. The zero-order chi connectivity index (χ0) is 14.7. The van der Waals surface area contributed by atoms with Crippen LogP contribution in [-0.2, 0) is 9.59 Å². The van der Waals surface area contributed by atoms with Gasteiger partial charge in [0.25, 0.3) is 0 Å². The molecule has 2 aromatic rings. The molecule has 20 heavy (non-hydrogen) atoms. The molecule has 6 heteroatoms. The van der Waals surface area contributed by atoms with Crippen molar-refractivity contribution in [3.05, 3.63) is 24.5 Å². The number of carbonyl (C=O) groups is 2. The lowest BCUT2D eigenvalue weighted by molar-refractivity contribution is -0.134. The van der Waals surface area contributed by atoms with Crippen LogP contribution in [0, 0.1) is 0 Å². The van der Waals surface area contributed by atoms with Crippen molar-refractivity contribution in [3.8, 4) is 17.2 Å². The fourth-order valence-corrected chi connectivity index (χ4v) is 1.84. The largest absolute Gasteiger partial charge is 0.492 e. The SMILES string of the molecule is COc1c(OC(C)=O)c(OC(C)=O)cc2ccncc12. The van der Waals surface area contributed by atoms with Gasteiger partial charge >= 0.3 is 11.9 Å². The maximum absolute atomic E-state index is 11.2. The number of hydrogen-bond donors (Lipinski definition) is 0. The highest BCUT2D eigenvalue weighted by Gasteiger charge is 2.20. The first-order chi connectivity index (χ1) is 9.52. The summed E-state index contributed by atoms with van der Waals surface area (Å²) in [5.74, 6) is -0.574. The second-order valence-corrected chi connectivity index (χ2v) is 4.02. The number of pyridine rings is 1. The Hall–Kier alpha value is -2.63. The number of nitrogens with zero attached hydrogens (tertiary/aromatic N) is 1. The molecule has 1 heterocycles. The first kappa shape index (κ1) is 13.8. The molecule has 0 aliphatic carbocycles. The summed E-state index contributed by atoms with van der Waals surface area (Å²) < 4.78 is 15.5. The lowest BCUT2D eigenvalue weighted by Crippen LogP contribution is -2.08. The molecule has 0 aliphatic heterocycles. The van der Waals surface area contributed by atoms with Crippen molar-refractivity contribution in [3.63, 3.8) is 0 Å². The summed E-state index contributed by atoms with van der Waals surface area (Å²) in [5, 5.41) is 1.41. The van der Waals surface area contributed by atoms with Crippen molar-refractivity contribution in [1.29, 1.82) is 0 Å². The summed E-state index contributed by atoms with van der Waals surface area (Å²) >= 11 is 0. The van der Waals surface area contributed by atoms with E-state index in [2.05, 4.69) is 4.98 Å². The van der Waals surface area contributed by atoms with Gasteiger partial charge in [0.2, 0.25) is 5.75 Å². The minimum atomic E-state index is -0.542. The molecule has 2 rings (SSSR count). The number of benzene rings is 1. The lowest BCUT2D eigenvalue weighted by Gasteiger charge is -2.14. The van der Waals surface area contributed by atoms with Crippen LogP contribution in [0.2, 0.25) is 0 Å². The number of rotatable bonds is 3. The number of esters is 2. The Kier molecular flexibility index (Phi) is 3.84. The molecule has 0 amide bonds. The Labute approximate surface area is 115 Å². The summed E-state index contributed by atoms with van der Waals surface area (Å²) in [6.45, 7) is 2.52. The van der Waals surface area contributed by atoms with Gasteiger partial charge in [0.05, 0.1) is 7.11 Å². The van der Waals surface area contributed by atoms with Crippen LogP contribution >= 0.6 is 0 Å². The predicted octanol–water partition coefficient (Wildman–Crippen LogP) is 2.09. The number of ether oxygens (including phenoxy) is 3. The number of fused-ring (bicyclic) bond motifs is 1. The first-order valence-electron chi connectivity index (χ1n) is 5.84. The van der Waals surface area contributed by atoms with E-state index in [1.54, 1.807) is 24.5 Å². The van der Waals surface area contributed by atoms with Gasteiger partial charge in [-0.05, 0) is 17.5 Å². The zero-order valence-electron chi connectivity index (χ0n) is 11.3. The monoisotopic (exact) mass is 275 g/mol. The minimum Gasteiger partial charge on any atom is -0.492 e. The van der Waals surface area contributed by atoms with E-state index in [4.69, 9.17) is 14.2 Å². The molecule has 0 radical (unpaired) electrons. The van der Waals surface area contributed by atoms with Crippen LogP contribution in [0.25, 0.3) is 10.8 Å². The predicted molar refractivity (Wildman–Crippen MR) is 70.9 cm³/mol. The van der Waals surface area contributed by atoms with Gasteiger partial charge in [0.1, 0.15) is 0 Å². The quantitative estimate of drug-likeness (QED) is 0.630. The van der Waals surface area contributed by atoms with Crippen LogP contribution in [0.3, 0.4) is 0 Å². The van der Waals surface area contributed by atoms with E-state index in [1.165, 1.54) is 21.0 Å². The maximum atomic E-state index is 11.2. The maximum Gasteiger partial charge on any atom is 0.308 e. The van der Waals surface area contributed by atoms with Crippen LogP contribution in [0.4, 0.5) is 0 Å². The van der Waals surface area contributed by atoms with Gasteiger partial charge in [-0.25, -0.2) is 0 Å². The third-order valence-electron chi connectivity index (χ3n) is 2.52. The van der Waals surface area contributed by atoms with Crippen LogP contribution in [-0.4, -0.2) is 24.0 Å². The highest BCUT2D eigenvalue weighted by atomic mass is 16.6. The van der Waals surface area contributed by atoms with Crippen LogP contribution in [0.1, 0.15) is 13.8 Å². The number of aromatic nitrogens is 1. The second kappa shape index (κ2) is 5.56. The van der Waals surface area contributed by atoms with E-state index in [0.717, 1.165) is 5.39 Å². The molecule has 104 valence electrons. The van der Waals surface area contributed by atoms with Gasteiger partial charge < -0.3 is 14.2 Å². The van der Waals surface area contributed by atoms with E-state index < -0.39 is 11.9 Å². The average Bonchev–Trinajstić information content (AvgIpc) is 2.38. The summed E-state index contributed by atoms with van der Waals surface area (Å²) in [7, 11) is 1.44. The highest BCUT2D eigenvalue weighted by Crippen LogP contribution is 2.43. The van der Waals surface area contributed by atoms with Crippen LogP contribution in [0.15, 0.2) is 24.5 Å². The van der Waals surface area contributed by atoms with Gasteiger partial charge in [0, 0.05) is 31.6 Å². The molecule has 1 aromatic heterocycles. The van der Waals surface area contributed by atoms with Crippen molar-refractivity contribution in [1.82, 2.24) is 4.98 Å². The third-order valence-corrected chi connectivity index (χ3v) is 2.52. The summed E-state index contributed by atoms with van der Waals surface area (Å²) in [4.78, 5) is 26.4. The topological polar surface area (TPSA) is 74.7 Å². The Bertz CT molecular complexity index is 681. The Morgan fingerprint density at radius 2 is 1.80 bits per heavy atom. The summed E-state index contributed by atoms with van der Waals surface area (Å²) in [6, 6.07) is 3.33. The average molecular weight is 275 g/mol. The molecule has 0 saturated carbocycles. The Morgan fingerprint density at radius 3 is 2.40 bits per heavy atom. The number of carbonyl (C=O) groups excluding carboxylic acids is 2. The normalized spacial score (nSPS) is 10.2. The zero-order valence-corrected chi connectivity index (χ0v) is 11.3.